The highest BCUT2D eigenvalue weighted by Gasteiger charge is 2.46. The van der Waals surface area contributed by atoms with E-state index in [1.54, 1.807) is 54.6 Å². The maximum Gasteiger partial charge on any atom is 0.406 e. The molecule has 186 valence electrons. The molecular formula is C25H20F3N3O4S. The Labute approximate surface area is 206 Å². The van der Waals surface area contributed by atoms with Gasteiger partial charge in [-0.25, -0.2) is 9.78 Å². The van der Waals surface area contributed by atoms with Crippen molar-refractivity contribution in [1.82, 2.24) is 14.9 Å². The number of nitrogens with zero attached hydrogens (tertiary/aromatic N) is 2. The number of nitrogens with one attached hydrogen (secondary N) is 1. The van der Waals surface area contributed by atoms with Gasteiger partial charge >= 0.3 is 12.3 Å². The van der Waals surface area contributed by atoms with Crippen molar-refractivity contribution in [3.05, 3.63) is 76.8 Å². The second kappa shape index (κ2) is 8.75. The van der Waals surface area contributed by atoms with Crippen molar-refractivity contribution in [1.29, 1.82) is 0 Å². The van der Waals surface area contributed by atoms with Gasteiger partial charge in [0, 0.05) is 23.3 Å². The molecule has 1 saturated carbocycles. The molecule has 2 aromatic carbocycles. The molecule has 11 heteroatoms. The highest BCUT2D eigenvalue weighted by Crippen LogP contribution is 2.45. The lowest BCUT2D eigenvalue weighted by atomic mass is 9.69. The number of thiophene rings is 1. The number of aliphatic hydroxyl groups excluding tert-OH is 1. The predicted molar refractivity (Wildman–Crippen MR) is 129 cm³/mol. The molecule has 0 aliphatic heterocycles. The Balaban J connectivity index is 1.65. The lowest BCUT2D eigenvalue weighted by Gasteiger charge is -2.45. The molecule has 7 nitrogen and oxygen atoms in total. The number of halogens is 3. The van der Waals surface area contributed by atoms with Gasteiger partial charge in [0.15, 0.2) is 0 Å². The molecule has 5 rings (SSSR count). The van der Waals surface area contributed by atoms with E-state index in [1.807, 2.05) is 0 Å². The summed E-state index contributed by atoms with van der Waals surface area (Å²) in [5.41, 5.74) is 0.884. The summed E-state index contributed by atoms with van der Waals surface area (Å²) in [6, 6.07) is 16.0. The van der Waals surface area contributed by atoms with Crippen molar-refractivity contribution in [3.8, 4) is 21.6 Å². The van der Waals surface area contributed by atoms with Crippen LogP contribution in [-0.2, 0) is 12.1 Å². The summed E-state index contributed by atoms with van der Waals surface area (Å²) in [5, 5.41) is 21.7. The maximum atomic E-state index is 13.2. The number of rotatable bonds is 5. The van der Waals surface area contributed by atoms with Crippen molar-refractivity contribution in [2.75, 3.05) is 0 Å². The van der Waals surface area contributed by atoms with E-state index < -0.39 is 36.0 Å². The number of carboxylic acid groups (broad SMARTS) is 1. The standard InChI is InChI=1S/C25H20F3N3O4S/c26-25(27,28)12-31-13-29-21-19(22(31)33)18(14-4-2-1-3-5-14)20(36-21)15-6-8-16(9-7-15)24(30-23(34)35)10-17(32)11-24/h1-9,13,17,30,32H,10-12H2,(H,34,35). The maximum absolute atomic E-state index is 13.2. The molecule has 0 spiro atoms. The topological polar surface area (TPSA) is 104 Å². The number of hydrogen-bond donors (Lipinski definition) is 3. The number of hydrogen-bond acceptors (Lipinski definition) is 5. The van der Waals surface area contributed by atoms with E-state index >= 15 is 0 Å². The third kappa shape index (κ3) is 4.35. The zero-order valence-corrected chi connectivity index (χ0v) is 19.4. The fourth-order valence-electron chi connectivity index (χ4n) is 4.72. The number of amides is 1. The molecule has 1 aliphatic rings. The number of fused-ring (bicyclic) bond motifs is 1. The van der Waals surface area contributed by atoms with E-state index in [-0.39, 0.29) is 18.2 Å². The van der Waals surface area contributed by atoms with E-state index in [9.17, 15) is 33.0 Å². The fraction of sp³-hybridized carbons (Fsp3) is 0.240. The first-order valence-corrected chi connectivity index (χ1v) is 11.8. The molecule has 0 unspecified atom stereocenters. The molecule has 0 bridgehead atoms. The quantitative estimate of drug-likeness (QED) is 0.348. The van der Waals surface area contributed by atoms with E-state index in [0.29, 0.717) is 36.5 Å². The van der Waals surface area contributed by atoms with Gasteiger partial charge in [-0.3, -0.25) is 9.36 Å². The minimum atomic E-state index is -4.57. The Morgan fingerprint density at radius 3 is 2.36 bits per heavy atom. The van der Waals surface area contributed by atoms with Crippen LogP contribution in [0.25, 0.3) is 31.8 Å². The average molecular weight is 516 g/mol. The highest BCUT2D eigenvalue weighted by molar-refractivity contribution is 7.22. The molecule has 3 N–H and O–H groups in total. The van der Waals surface area contributed by atoms with Crippen molar-refractivity contribution in [2.24, 2.45) is 0 Å². The summed E-state index contributed by atoms with van der Waals surface area (Å²) in [6.07, 6.45) is -4.95. The Bertz CT molecular complexity index is 1490. The van der Waals surface area contributed by atoms with E-state index in [0.717, 1.165) is 6.33 Å². The Morgan fingerprint density at radius 2 is 1.78 bits per heavy atom. The largest absolute Gasteiger partial charge is 0.465 e. The number of aromatic nitrogens is 2. The summed E-state index contributed by atoms with van der Waals surface area (Å²) in [7, 11) is 0. The highest BCUT2D eigenvalue weighted by atomic mass is 32.1. The Kier molecular flexibility index (Phi) is 5.84. The van der Waals surface area contributed by atoms with Crippen molar-refractivity contribution in [2.45, 2.75) is 37.2 Å². The minimum Gasteiger partial charge on any atom is -0.465 e. The molecule has 2 heterocycles. The molecule has 0 atom stereocenters. The van der Waals surface area contributed by atoms with Crippen LogP contribution in [0.2, 0.25) is 0 Å². The summed E-state index contributed by atoms with van der Waals surface area (Å²) >= 11 is 1.20. The van der Waals surface area contributed by atoms with Crippen molar-refractivity contribution >= 4 is 27.6 Å². The van der Waals surface area contributed by atoms with Crippen molar-refractivity contribution < 1.29 is 28.2 Å². The van der Waals surface area contributed by atoms with Crippen LogP contribution in [0.1, 0.15) is 18.4 Å². The molecule has 0 radical (unpaired) electrons. The molecule has 1 aliphatic carbocycles. The van der Waals surface area contributed by atoms with Crippen LogP contribution >= 0.6 is 11.3 Å². The van der Waals surface area contributed by atoms with E-state index in [4.69, 9.17) is 0 Å². The Hall–Kier alpha value is -3.70. The normalized spacial score (nSPS) is 19.7. The van der Waals surface area contributed by atoms with Crippen LogP contribution in [0.5, 0.6) is 0 Å². The summed E-state index contributed by atoms with van der Waals surface area (Å²) < 4.78 is 39.7. The predicted octanol–water partition coefficient (Wildman–Crippen LogP) is 4.97. The zero-order chi connectivity index (χ0) is 25.7. The van der Waals surface area contributed by atoms with Crippen LogP contribution in [0.15, 0.2) is 65.7 Å². The lowest BCUT2D eigenvalue weighted by molar-refractivity contribution is -0.141. The van der Waals surface area contributed by atoms with Gasteiger partial charge in [0.05, 0.1) is 23.4 Å². The monoisotopic (exact) mass is 515 g/mol. The summed E-state index contributed by atoms with van der Waals surface area (Å²) in [6.45, 7) is -1.44. The van der Waals surface area contributed by atoms with Gasteiger partial charge < -0.3 is 15.5 Å². The average Bonchev–Trinajstić information content (AvgIpc) is 3.20. The van der Waals surface area contributed by atoms with Crippen LogP contribution in [0, 0.1) is 0 Å². The Morgan fingerprint density at radius 1 is 1.11 bits per heavy atom. The first-order chi connectivity index (χ1) is 17.1. The number of benzene rings is 2. The number of alkyl halides is 3. The van der Waals surface area contributed by atoms with Crippen LogP contribution in [-0.4, -0.2) is 38.1 Å². The molecule has 4 aromatic rings. The lowest BCUT2D eigenvalue weighted by Crippen LogP contribution is -2.56. The van der Waals surface area contributed by atoms with Gasteiger partial charge in [-0.2, -0.15) is 13.2 Å². The van der Waals surface area contributed by atoms with Crippen LogP contribution in [0.3, 0.4) is 0 Å². The molecule has 1 fully saturated rings. The van der Waals surface area contributed by atoms with Crippen molar-refractivity contribution in [3.63, 3.8) is 0 Å². The molecule has 0 saturated heterocycles. The summed E-state index contributed by atoms with van der Waals surface area (Å²) in [5.74, 6) is 0. The van der Waals surface area contributed by atoms with Gasteiger partial charge in [0.1, 0.15) is 11.4 Å². The van der Waals surface area contributed by atoms with Crippen LogP contribution in [0.4, 0.5) is 18.0 Å². The van der Waals surface area contributed by atoms with Crippen LogP contribution < -0.4 is 10.9 Å². The number of aliphatic hydroxyl groups is 1. The van der Waals surface area contributed by atoms with Gasteiger partial charge in [0.25, 0.3) is 5.56 Å². The molecule has 1 amide bonds. The van der Waals surface area contributed by atoms with Gasteiger partial charge in [0.2, 0.25) is 0 Å². The molecule has 36 heavy (non-hydrogen) atoms. The SMILES string of the molecule is O=C(O)NC1(c2ccc(-c3sc4ncn(CC(F)(F)F)c(=O)c4c3-c3ccccc3)cc2)CC(O)C1. The van der Waals surface area contributed by atoms with Gasteiger partial charge in [-0.15, -0.1) is 11.3 Å². The zero-order valence-electron chi connectivity index (χ0n) is 18.6. The third-order valence-corrected chi connectivity index (χ3v) is 7.45. The van der Waals surface area contributed by atoms with Gasteiger partial charge in [-0.05, 0) is 16.7 Å². The van der Waals surface area contributed by atoms with Gasteiger partial charge in [-0.1, -0.05) is 54.6 Å². The third-order valence-electron chi connectivity index (χ3n) is 6.30. The summed E-state index contributed by atoms with van der Waals surface area (Å²) in [4.78, 5) is 29.6. The first kappa shape index (κ1) is 24.0. The molecule has 2 aromatic heterocycles. The fourth-order valence-corrected chi connectivity index (χ4v) is 5.88. The van der Waals surface area contributed by atoms with E-state index in [2.05, 4.69) is 10.3 Å². The number of carbonyl (C=O) groups is 1. The minimum absolute atomic E-state index is 0.114. The smallest absolute Gasteiger partial charge is 0.406 e. The second-order valence-electron chi connectivity index (χ2n) is 8.80. The first-order valence-electron chi connectivity index (χ1n) is 11.0. The second-order valence-corrected chi connectivity index (χ2v) is 9.80. The molecular weight excluding hydrogens is 495 g/mol. The van der Waals surface area contributed by atoms with E-state index in [1.165, 1.54) is 11.3 Å².